The van der Waals surface area contributed by atoms with E-state index in [4.69, 9.17) is 38.5 Å². The zero-order chi connectivity index (χ0) is 33.9. The number of amides is 2. The van der Waals surface area contributed by atoms with Gasteiger partial charge in [0.05, 0.1) is 37.2 Å². The molecule has 0 spiro atoms. The van der Waals surface area contributed by atoms with Gasteiger partial charge in [-0.3, -0.25) is 30.0 Å². The van der Waals surface area contributed by atoms with Crippen molar-refractivity contribution in [3.05, 3.63) is 93.5 Å². The standard InChI is InChI=1S/C32H38Cl2N6O6S/c1-4-46-27-14-13-25(47(43,44)38(2)45-3)19-26(27)32(31(42)40-17-15-39(16-18-40)20-28(35)41)36-29(21-5-9-23(33)10-6-21)30(37-32)22-7-11-24(34)12-8-22/h5-14,19,29-30,36-37H,4,15-18,20H2,1-3H3,(H2,35,41)/t29-,30+,32?. The van der Waals surface area contributed by atoms with Crippen molar-refractivity contribution in [2.75, 3.05) is 53.5 Å². The van der Waals surface area contributed by atoms with Crippen molar-refractivity contribution in [1.82, 2.24) is 24.9 Å². The molecule has 0 aliphatic carbocycles. The number of nitrogens with two attached hydrogens (primary N) is 1. The molecule has 0 bridgehead atoms. The number of benzene rings is 3. The molecule has 2 amide bonds. The van der Waals surface area contributed by atoms with Crippen LogP contribution in [0.1, 0.15) is 35.7 Å². The molecular weight excluding hydrogens is 667 g/mol. The Morgan fingerprint density at radius 1 is 0.936 bits per heavy atom. The minimum absolute atomic E-state index is 0.0857. The number of rotatable bonds is 11. The Bertz CT molecular complexity index is 1650. The molecule has 4 N–H and O–H groups in total. The Hall–Kier alpha value is -3.27. The molecule has 0 saturated carbocycles. The van der Waals surface area contributed by atoms with Gasteiger partial charge >= 0.3 is 0 Å². The fourth-order valence-corrected chi connectivity index (χ4v) is 7.27. The second-order valence-corrected chi connectivity index (χ2v) is 14.1. The lowest BCUT2D eigenvalue weighted by atomic mass is 9.95. The Morgan fingerprint density at radius 3 is 1.94 bits per heavy atom. The van der Waals surface area contributed by atoms with E-state index in [0.29, 0.717) is 42.0 Å². The van der Waals surface area contributed by atoms with Crippen molar-refractivity contribution in [1.29, 1.82) is 0 Å². The van der Waals surface area contributed by atoms with Crippen LogP contribution in [0, 0.1) is 0 Å². The summed E-state index contributed by atoms with van der Waals surface area (Å²) in [7, 11) is -1.57. The summed E-state index contributed by atoms with van der Waals surface area (Å²) in [5.41, 5.74) is 5.70. The topological polar surface area (TPSA) is 147 Å². The monoisotopic (exact) mass is 704 g/mol. The van der Waals surface area contributed by atoms with Gasteiger partial charge < -0.3 is 15.4 Å². The third-order valence-electron chi connectivity index (χ3n) is 8.44. The highest BCUT2D eigenvalue weighted by atomic mass is 35.5. The van der Waals surface area contributed by atoms with Gasteiger partial charge in [-0.15, -0.1) is 0 Å². The molecule has 2 aliphatic heterocycles. The SMILES string of the molecule is CCOc1ccc(S(=O)(=O)N(C)OC)cc1C1(C(=O)N2CCN(CC(N)=O)CC2)N[C@H](c2ccc(Cl)cc2)[C@H](c2ccc(Cl)cc2)N1. The molecule has 252 valence electrons. The second kappa shape index (κ2) is 14.5. The molecule has 0 radical (unpaired) electrons. The number of sulfonamides is 1. The molecule has 12 nitrogen and oxygen atoms in total. The maximum absolute atomic E-state index is 15.0. The molecule has 2 aliphatic rings. The van der Waals surface area contributed by atoms with E-state index in [2.05, 4.69) is 10.6 Å². The summed E-state index contributed by atoms with van der Waals surface area (Å²) in [4.78, 5) is 35.1. The number of carbonyl (C=O) groups excluding carboxylic acids is 2. The summed E-state index contributed by atoms with van der Waals surface area (Å²) < 4.78 is 33.8. The number of halogens is 2. The highest BCUT2D eigenvalue weighted by Gasteiger charge is 2.55. The Balaban J connectivity index is 1.70. The summed E-state index contributed by atoms with van der Waals surface area (Å²) in [6, 6.07) is 18.0. The van der Waals surface area contributed by atoms with Crippen LogP contribution in [0.4, 0.5) is 0 Å². The lowest BCUT2D eigenvalue weighted by Gasteiger charge is -2.40. The third kappa shape index (κ3) is 7.27. The molecule has 15 heteroatoms. The molecule has 1 unspecified atom stereocenters. The number of primary amides is 1. The summed E-state index contributed by atoms with van der Waals surface area (Å²) in [5, 5.41) is 8.30. The number of hydroxylamine groups is 1. The Kier molecular flexibility index (Phi) is 10.8. The van der Waals surface area contributed by atoms with Crippen LogP contribution in [-0.2, 0) is 30.1 Å². The summed E-state index contributed by atoms with van der Waals surface area (Å²) in [6.45, 7) is 3.62. The quantitative estimate of drug-likeness (QED) is 0.257. The van der Waals surface area contributed by atoms with Gasteiger partial charge in [0, 0.05) is 48.8 Å². The van der Waals surface area contributed by atoms with E-state index in [-0.39, 0.29) is 29.5 Å². The first-order valence-corrected chi connectivity index (χ1v) is 17.3. The normalized spacial score (nSPS) is 22.0. The van der Waals surface area contributed by atoms with Crippen molar-refractivity contribution in [3.63, 3.8) is 0 Å². The van der Waals surface area contributed by atoms with E-state index < -0.39 is 33.7 Å². The van der Waals surface area contributed by atoms with Gasteiger partial charge in [-0.25, -0.2) is 8.42 Å². The number of hydrogen-bond donors (Lipinski definition) is 3. The van der Waals surface area contributed by atoms with Crippen LogP contribution < -0.4 is 21.1 Å². The number of ether oxygens (including phenoxy) is 1. The zero-order valence-electron chi connectivity index (χ0n) is 26.3. The van der Waals surface area contributed by atoms with Crippen LogP contribution in [0.2, 0.25) is 10.0 Å². The minimum atomic E-state index is -4.11. The van der Waals surface area contributed by atoms with Crippen LogP contribution >= 0.6 is 23.2 Å². The first-order chi connectivity index (χ1) is 22.4. The molecule has 3 atom stereocenters. The van der Waals surface area contributed by atoms with Crippen LogP contribution in [-0.4, -0.2) is 88.0 Å². The maximum Gasteiger partial charge on any atom is 0.264 e. The van der Waals surface area contributed by atoms with Gasteiger partial charge in [-0.1, -0.05) is 51.9 Å². The van der Waals surface area contributed by atoms with Crippen molar-refractivity contribution < 1.29 is 27.6 Å². The molecule has 2 heterocycles. The van der Waals surface area contributed by atoms with Gasteiger partial charge in [-0.05, 0) is 60.5 Å². The fraction of sp³-hybridized carbons (Fsp3) is 0.375. The van der Waals surface area contributed by atoms with Gasteiger partial charge in [0.25, 0.3) is 15.9 Å². The summed E-state index contributed by atoms with van der Waals surface area (Å²) >= 11 is 12.5. The van der Waals surface area contributed by atoms with Crippen LogP contribution in [0.5, 0.6) is 5.75 Å². The van der Waals surface area contributed by atoms with Crippen LogP contribution in [0.15, 0.2) is 71.6 Å². The van der Waals surface area contributed by atoms with Gasteiger partial charge in [0.2, 0.25) is 5.91 Å². The number of piperazine rings is 1. The predicted molar refractivity (Wildman–Crippen MR) is 178 cm³/mol. The van der Waals surface area contributed by atoms with E-state index in [1.165, 1.54) is 26.3 Å². The number of hydrogen-bond acceptors (Lipinski definition) is 9. The zero-order valence-corrected chi connectivity index (χ0v) is 28.6. The molecule has 3 aromatic carbocycles. The molecule has 2 fully saturated rings. The molecule has 5 rings (SSSR count). The average molecular weight is 706 g/mol. The van der Waals surface area contributed by atoms with E-state index in [0.717, 1.165) is 15.6 Å². The summed E-state index contributed by atoms with van der Waals surface area (Å²) in [6.07, 6.45) is 0. The lowest BCUT2D eigenvalue weighted by molar-refractivity contribution is -0.141. The molecular formula is C32H38Cl2N6O6S. The third-order valence-corrected chi connectivity index (χ3v) is 10.6. The van der Waals surface area contributed by atoms with Crippen LogP contribution in [0.25, 0.3) is 0 Å². The molecule has 47 heavy (non-hydrogen) atoms. The first kappa shape index (κ1) is 35.0. The minimum Gasteiger partial charge on any atom is -0.493 e. The van der Waals surface area contributed by atoms with E-state index >= 15 is 4.79 Å². The average Bonchev–Trinajstić information content (AvgIpc) is 3.46. The van der Waals surface area contributed by atoms with E-state index in [1.54, 1.807) is 35.2 Å². The van der Waals surface area contributed by atoms with E-state index in [9.17, 15) is 13.2 Å². The van der Waals surface area contributed by atoms with E-state index in [1.807, 2.05) is 36.1 Å². The highest BCUT2D eigenvalue weighted by molar-refractivity contribution is 7.89. The largest absolute Gasteiger partial charge is 0.493 e. The molecule has 3 aromatic rings. The van der Waals surface area contributed by atoms with Crippen molar-refractivity contribution in [2.24, 2.45) is 5.73 Å². The van der Waals surface area contributed by atoms with Gasteiger partial charge in [0.15, 0.2) is 5.66 Å². The summed E-state index contributed by atoms with van der Waals surface area (Å²) in [5.74, 6) is -0.474. The maximum atomic E-state index is 15.0. The number of nitrogens with one attached hydrogen (secondary N) is 2. The predicted octanol–water partition coefficient (Wildman–Crippen LogP) is 3.03. The number of nitrogens with zero attached hydrogens (tertiary/aromatic N) is 3. The van der Waals surface area contributed by atoms with Crippen molar-refractivity contribution in [3.8, 4) is 5.75 Å². The smallest absolute Gasteiger partial charge is 0.264 e. The molecule has 0 aromatic heterocycles. The number of carbonyl (C=O) groups is 2. The highest BCUT2D eigenvalue weighted by Crippen LogP contribution is 2.45. The lowest BCUT2D eigenvalue weighted by Crippen LogP contribution is -2.62. The van der Waals surface area contributed by atoms with Crippen LogP contribution in [0.3, 0.4) is 0 Å². The molecule has 2 saturated heterocycles. The van der Waals surface area contributed by atoms with Crippen molar-refractivity contribution in [2.45, 2.75) is 29.6 Å². The van der Waals surface area contributed by atoms with Crippen molar-refractivity contribution >= 4 is 45.0 Å². The Morgan fingerprint density at radius 2 is 1.47 bits per heavy atom. The van der Waals surface area contributed by atoms with Gasteiger partial charge in [-0.2, -0.15) is 0 Å². The fourth-order valence-electron chi connectivity index (χ4n) is 6.02. The Labute approximate surface area is 284 Å². The second-order valence-electron chi connectivity index (χ2n) is 11.3. The first-order valence-electron chi connectivity index (χ1n) is 15.1. The van der Waals surface area contributed by atoms with Gasteiger partial charge in [0.1, 0.15) is 5.75 Å².